The fourth-order valence-electron chi connectivity index (χ4n) is 3.01. The zero-order chi connectivity index (χ0) is 20.7. The predicted molar refractivity (Wildman–Crippen MR) is 114 cm³/mol. The minimum absolute atomic E-state index is 0.0543. The van der Waals surface area contributed by atoms with E-state index in [1.807, 2.05) is 24.3 Å². The van der Waals surface area contributed by atoms with Crippen LogP contribution in [0.3, 0.4) is 0 Å². The molecule has 11 heteroatoms. The van der Waals surface area contributed by atoms with Crippen LogP contribution in [0.15, 0.2) is 45.5 Å². The lowest BCUT2D eigenvalue weighted by molar-refractivity contribution is -0.383. The van der Waals surface area contributed by atoms with Gasteiger partial charge in [-0.3, -0.25) is 24.0 Å². The number of hydrogen-bond acceptors (Lipinski definition) is 7. The average molecular weight is 429 g/mol. The van der Waals surface area contributed by atoms with E-state index in [0.29, 0.717) is 11.0 Å². The normalized spacial score (nSPS) is 11.2. The summed E-state index contributed by atoms with van der Waals surface area (Å²) in [6.07, 6.45) is 0. The maximum absolute atomic E-state index is 12.4. The van der Waals surface area contributed by atoms with Gasteiger partial charge in [0, 0.05) is 20.2 Å². The number of para-hydroxylation sites is 1. The van der Waals surface area contributed by atoms with E-state index in [1.165, 1.54) is 44.4 Å². The Balaban J connectivity index is 1.58. The maximum Gasteiger partial charge on any atom is 0.328 e. The lowest BCUT2D eigenvalue weighted by atomic mass is 10.2. The molecule has 0 bridgehead atoms. The molecular weight excluding hydrogens is 414 g/mol. The van der Waals surface area contributed by atoms with E-state index in [9.17, 15) is 19.7 Å². The minimum atomic E-state index is -0.576. The summed E-state index contributed by atoms with van der Waals surface area (Å²) in [4.78, 5) is 39.9. The van der Waals surface area contributed by atoms with Crippen LogP contribution >= 0.6 is 23.1 Å². The Bertz CT molecular complexity index is 1300. The number of nitro benzene ring substituents is 1. The number of aromatic nitrogens is 3. The number of fused-ring (bicyclic) bond motifs is 2. The first-order valence-corrected chi connectivity index (χ1v) is 10.3. The minimum Gasteiger partial charge on any atom is -0.320 e. The van der Waals surface area contributed by atoms with Crippen LogP contribution in [0.1, 0.15) is 0 Å². The van der Waals surface area contributed by atoms with Gasteiger partial charge in [-0.15, -0.1) is 11.3 Å². The predicted octanol–water partition coefficient (Wildman–Crippen LogP) is 3.13. The average Bonchev–Trinajstić information content (AvgIpc) is 3.21. The van der Waals surface area contributed by atoms with E-state index < -0.39 is 10.8 Å². The molecule has 0 spiro atoms. The number of hydrogen-bond donors (Lipinski definition) is 1. The second-order valence-corrected chi connectivity index (χ2v) is 8.55. The maximum atomic E-state index is 12.4. The fraction of sp³-hybridized carbons (Fsp3) is 0.167. The SMILES string of the molecule is Cn1c(=O)n(C)c2cc([N+](=O)[O-])c(NC(=O)CSc3nc4ccccc4s3)cc21. The molecule has 1 amide bonds. The number of carbonyl (C=O) groups excluding carboxylic acids is 1. The molecule has 0 aliphatic heterocycles. The second kappa shape index (κ2) is 7.33. The number of thioether (sulfide) groups is 1. The van der Waals surface area contributed by atoms with Crippen LogP contribution in [0.5, 0.6) is 0 Å². The van der Waals surface area contributed by atoms with E-state index in [0.717, 1.165) is 14.6 Å². The lowest BCUT2D eigenvalue weighted by Gasteiger charge is -2.06. The van der Waals surface area contributed by atoms with Crippen molar-refractivity contribution in [3.05, 3.63) is 57.0 Å². The number of carbonyl (C=O) groups is 1. The third-order valence-electron chi connectivity index (χ3n) is 4.46. The summed E-state index contributed by atoms with van der Waals surface area (Å²) >= 11 is 2.75. The van der Waals surface area contributed by atoms with Gasteiger partial charge >= 0.3 is 5.69 Å². The van der Waals surface area contributed by atoms with Gasteiger partial charge < -0.3 is 5.32 Å². The summed E-state index contributed by atoms with van der Waals surface area (Å²) in [5.41, 5.74) is 1.27. The van der Waals surface area contributed by atoms with Crippen molar-refractivity contribution in [3.8, 4) is 0 Å². The zero-order valence-corrected chi connectivity index (χ0v) is 17.0. The standard InChI is InChI=1S/C18H15N5O4S2/c1-21-13-7-11(12(23(26)27)8-14(13)22(2)18(21)25)19-16(24)9-28-17-20-10-5-3-4-6-15(10)29-17/h3-8H,9H2,1-2H3,(H,19,24). The molecule has 4 aromatic rings. The molecule has 2 heterocycles. The van der Waals surface area contributed by atoms with Crippen LogP contribution in [0, 0.1) is 10.1 Å². The van der Waals surface area contributed by atoms with Gasteiger partial charge in [0.2, 0.25) is 5.91 Å². The third-order valence-corrected chi connectivity index (χ3v) is 6.64. The molecule has 2 aromatic carbocycles. The Morgan fingerprint density at radius 3 is 2.62 bits per heavy atom. The van der Waals surface area contributed by atoms with E-state index in [4.69, 9.17) is 0 Å². The highest BCUT2D eigenvalue weighted by molar-refractivity contribution is 8.01. The molecule has 1 N–H and O–H groups in total. The Morgan fingerprint density at radius 2 is 1.93 bits per heavy atom. The van der Waals surface area contributed by atoms with Crippen LogP contribution in [0.25, 0.3) is 21.3 Å². The van der Waals surface area contributed by atoms with E-state index in [1.54, 1.807) is 14.1 Å². The Labute approximate surface area is 172 Å². The largest absolute Gasteiger partial charge is 0.328 e. The van der Waals surface area contributed by atoms with E-state index >= 15 is 0 Å². The van der Waals surface area contributed by atoms with Crippen LogP contribution in [-0.2, 0) is 18.9 Å². The van der Waals surface area contributed by atoms with Crippen molar-refractivity contribution >= 4 is 61.6 Å². The number of nitro groups is 1. The number of thiazole rings is 1. The van der Waals surface area contributed by atoms with Crippen LogP contribution < -0.4 is 11.0 Å². The Kier molecular flexibility index (Phi) is 4.84. The number of amides is 1. The van der Waals surface area contributed by atoms with Gasteiger partial charge in [0.25, 0.3) is 5.69 Å². The highest BCUT2D eigenvalue weighted by atomic mass is 32.2. The monoisotopic (exact) mass is 429 g/mol. The number of nitrogens with one attached hydrogen (secondary N) is 1. The first-order valence-electron chi connectivity index (χ1n) is 8.47. The fourth-order valence-corrected chi connectivity index (χ4v) is 4.88. The van der Waals surface area contributed by atoms with Crippen LogP contribution in [0.4, 0.5) is 11.4 Å². The van der Waals surface area contributed by atoms with E-state index in [-0.39, 0.29) is 22.8 Å². The summed E-state index contributed by atoms with van der Waals surface area (Å²) in [6, 6.07) is 10.4. The second-order valence-electron chi connectivity index (χ2n) is 6.30. The molecule has 148 valence electrons. The van der Waals surface area contributed by atoms with Crippen molar-refractivity contribution in [2.75, 3.05) is 11.1 Å². The van der Waals surface area contributed by atoms with Gasteiger partial charge in [0.15, 0.2) is 4.34 Å². The van der Waals surface area contributed by atoms with Crippen molar-refractivity contribution in [1.29, 1.82) is 0 Å². The molecule has 0 unspecified atom stereocenters. The van der Waals surface area contributed by atoms with Crippen LogP contribution in [-0.4, -0.2) is 30.7 Å². The smallest absolute Gasteiger partial charge is 0.320 e. The quantitative estimate of drug-likeness (QED) is 0.296. The number of aryl methyl sites for hydroxylation is 2. The highest BCUT2D eigenvalue weighted by Crippen LogP contribution is 2.31. The summed E-state index contributed by atoms with van der Waals surface area (Å²) in [5.74, 6) is -0.333. The first kappa shape index (κ1) is 19.2. The van der Waals surface area contributed by atoms with Gasteiger partial charge in [-0.25, -0.2) is 9.78 Å². The van der Waals surface area contributed by atoms with Gasteiger partial charge in [-0.05, 0) is 18.2 Å². The molecule has 0 saturated carbocycles. The number of rotatable bonds is 5. The summed E-state index contributed by atoms with van der Waals surface area (Å²) in [6.45, 7) is 0. The van der Waals surface area contributed by atoms with Gasteiger partial charge in [0.1, 0.15) is 5.69 Å². The van der Waals surface area contributed by atoms with Crippen LogP contribution in [0.2, 0.25) is 0 Å². The number of anilines is 1. The van der Waals surface area contributed by atoms with Gasteiger partial charge in [0.05, 0.1) is 31.9 Å². The molecule has 0 saturated heterocycles. The number of benzene rings is 2. The number of imidazole rings is 1. The molecule has 0 aliphatic rings. The molecule has 29 heavy (non-hydrogen) atoms. The summed E-state index contributed by atoms with van der Waals surface area (Å²) in [5, 5.41) is 14.1. The van der Waals surface area contributed by atoms with E-state index in [2.05, 4.69) is 10.3 Å². The Morgan fingerprint density at radius 1 is 1.24 bits per heavy atom. The highest BCUT2D eigenvalue weighted by Gasteiger charge is 2.21. The molecule has 4 rings (SSSR count). The van der Waals surface area contributed by atoms with Crippen molar-refractivity contribution in [2.24, 2.45) is 14.1 Å². The molecular formula is C18H15N5O4S2. The van der Waals surface area contributed by atoms with Crippen molar-refractivity contribution in [1.82, 2.24) is 14.1 Å². The summed E-state index contributed by atoms with van der Waals surface area (Å²) < 4.78 is 4.49. The van der Waals surface area contributed by atoms with Crippen molar-refractivity contribution < 1.29 is 9.72 Å². The van der Waals surface area contributed by atoms with Crippen molar-refractivity contribution in [3.63, 3.8) is 0 Å². The molecule has 0 radical (unpaired) electrons. The topological polar surface area (TPSA) is 112 Å². The van der Waals surface area contributed by atoms with Crippen molar-refractivity contribution in [2.45, 2.75) is 4.34 Å². The zero-order valence-electron chi connectivity index (χ0n) is 15.4. The third kappa shape index (κ3) is 3.49. The molecule has 9 nitrogen and oxygen atoms in total. The molecule has 2 aromatic heterocycles. The molecule has 0 fully saturated rings. The molecule has 0 aliphatic carbocycles. The summed E-state index contributed by atoms with van der Waals surface area (Å²) in [7, 11) is 3.12. The Hall–Kier alpha value is -3.18. The lowest BCUT2D eigenvalue weighted by Crippen LogP contribution is -2.19. The number of nitrogens with zero attached hydrogens (tertiary/aromatic N) is 4. The first-order chi connectivity index (χ1) is 13.8. The molecule has 0 atom stereocenters. The van der Waals surface area contributed by atoms with Gasteiger partial charge in [-0.2, -0.15) is 0 Å². The van der Waals surface area contributed by atoms with Gasteiger partial charge in [-0.1, -0.05) is 23.9 Å².